The highest BCUT2D eigenvalue weighted by Gasteiger charge is 2.60. The first-order chi connectivity index (χ1) is 8.95. The third kappa shape index (κ3) is 2.30. The second-order valence-corrected chi connectivity index (χ2v) is 8.32. The van der Waals surface area contributed by atoms with Gasteiger partial charge >= 0.3 is 5.97 Å². The molecule has 0 aromatic heterocycles. The Kier molecular flexibility index (Phi) is 3.15. The van der Waals surface area contributed by atoms with Gasteiger partial charge in [-0.05, 0) is 50.4 Å². The van der Waals surface area contributed by atoms with Gasteiger partial charge in [0.2, 0.25) is 0 Å². The molecule has 1 N–H and O–H groups in total. The Morgan fingerprint density at radius 1 is 1.26 bits per heavy atom. The minimum atomic E-state index is -0.332. The molecule has 19 heavy (non-hydrogen) atoms. The summed E-state index contributed by atoms with van der Waals surface area (Å²) in [4.78, 5) is 23.6. The number of hydrogen-bond donors (Lipinski definition) is 1. The average Bonchev–Trinajstić information content (AvgIpc) is 2.32. The Balaban J connectivity index is 1.73. The Morgan fingerprint density at radius 2 is 1.89 bits per heavy atom. The molecule has 0 aromatic carbocycles. The van der Waals surface area contributed by atoms with Crippen molar-refractivity contribution in [2.24, 2.45) is 17.3 Å². The van der Waals surface area contributed by atoms with Crippen molar-refractivity contribution < 1.29 is 14.3 Å². The lowest BCUT2D eigenvalue weighted by molar-refractivity contribution is -0.171. The molecular weight excluding hydrogens is 310 g/mol. The molecule has 0 aliphatic heterocycles. The number of carbonyl (C=O) groups is 2. The molecule has 5 heteroatoms. The van der Waals surface area contributed by atoms with Crippen LogP contribution in [0.2, 0.25) is 0 Å². The normalized spacial score (nSPS) is 43.1. The standard InChI is InChI=1S/C14H20BrNO3/c1-16-11(17)7-19-12(18)13-3-9-2-10(4-13)6-14(15,5-9)8-13/h9-10H,2-8H2,1H3,(H,16,17)/t9-,10-,13?,14?/m0/s1. The molecule has 0 radical (unpaired) electrons. The summed E-state index contributed by atoms with van der Waals surface area (Å²) in [5, 5.41) is 2.48. The van der Waals surface area contributed by atoms with Gasteiger partial charge in [-0.15, -0.1) is 0 Å². The predicted molar refractivity (Wildman–Crippen MR) is 73.8 cm³/mol. The fourth-order valence-corrected chi connectivity index (χ4v) is 6.20. The predicted octanol–water partition coefficient (Wildman–Crippen LogP) is 2.01. The van der Waals surface area contributed by atoms with E-state index in [0.717, 1.165) is 19.3 Å². The van der Waals surface area contributed by atoms with E-state index >= 15 is 0 Å². The molecule has 4 rings (SSSR count). The molecule has 0 heterocycles. The van der Waals surface area contributed by atoms with Gasteiger partial charge in [0.15, 0.2) is 6.61 Å². The first kappa shape index (κ1) is 13.4. The number of likely N-dealkylation sites (N-methyl/N-ethyl adjacent to an activating group) is 1. The molecule has 0 spiro atoms. The van der Waals surface area contributed by atoms with Gasteiger partial charge in [-0.2, -0.15) is 0 Å². The fourth-order valence-electron chi connectivity index (χ4n) is 4.75. The van der Waals surface area contributed by atoms with Gasteiger partial charge < -0.3 is 10.1 Å². The molecule has 0 saturated heterocycles. The Bertz CT molecular complexity index is 409. The van der Waals surface area contributed by atoms with Crippen LogP contribution < -0.4 is 5.32 Å². The quantitative estimate of drug-likeness (QED) is 0.636. The fraction of sp³-hybridized carbons (Fsp3) is 0.857. The van der Waals surface area contributed by atoms with Crippen molar-refractivity contribution in [2.45, 2.75) is 42.8 Å². The zero-order valence-corrected chi connectivity index (χ0v) is 12.8. The van der Waals surface area contributed by atoms with Gasteiger partial charge in [0.05, 0.1) is 5.41 Å². The maximum atomic E-state index is 12.4. The van der Waals surface area contributed by atoms with E-state index in [1.165, 1.54) is 19.3 Å². The monoisotopic (exact) mass is 329 g/mol. The van der Waals surface area contributed by atoms with Crippen LogP contribution in [0.3, 0.4) is 0 Å². The maximum Gasteiger partial charge on any atom is 0.312 e. The number of amides is 1. The summed E-state index contributed by atoms with van der Waals surface area (Å²) in [5.74, 6) is 0.891. The molecule has 4 bridgehead atoms. The van der Waals surface area contributed by atoms with E-state index in [9.17, 15) is 9.59 Å². The lowest BCUT2D eigenvalue weighted by Gasteiger charge is -2.58. The highest BCUT2D eigenvalue weighted by Crippen LogP contribution is 2.64. The smallest absolute Gasteiger partial charge is 0.312 e. The van der Waals surface area contributed by atoms with E-state index in [1.54, 1.807) is 7.05 Å². The van der Waals surface area contributed by atoms with Crippen LogP contribution in [0.4, 0.5) is 0 Å². The van der Waals surface area contributed by atoms with Crippen LogP contribution in [-0.4, -0.2) is 29.9 Å². The maximum absolute atomic E-state index is 12.4. The first-order valence-corrected chi connectivity index (χ1v) is 7.81. The summed E-state index contributed by atoms with van der Waals surface area (Å²) in [6, 6.07) is 0. The largest absolute Gasteiger partial charge is 0.455 e. The average molecular weight is 330 g/mol. The molecule has 4 fully saturated rings. The van der Waals surface area contributed by atoms with E-state index in [1.807, 2.05) is 0 Å². The van der Waals surface area contributed by atoms with E-state index in [0.29, 0.717) is 11.8 Å². The van der Waals surface area contributed by atoms with Crippen LogP contribution >= 0.6 is 15.9 Å². The van der Waals surface area contributed by atoms with Gasteiger partial charge in [0.1, 0.15) is 0 Å². The van der Waals surface area contributed by atoms with Crippen molar-refractivity contribution >= 4 is 27.8 Å². The summed E-state index contributed by atoms with van der Waals surface area (Å²) < 4.78 is 5.39. The van der Waals surface area contributed by atoms with E-state index < -0.39 is 0 Å². The minimum absolute atomic E-state index is 0.142. The van der Waals surface area contributed by atoms with Crippen molar-refractivity contribution in [1.29, 1.82) is 0 Å². The summed E-state index contributed by atoms with van der Waals surface area (Å²) >= 11 is 3.87. The molecule has 4 aliphatic carbocycles. The summed E-state index contributed by atoms with van der Waals surface area (Å²) in [6.07, 6.45) is 6.41. The zero-order valence-electron chi connectivity index (χ0n) is 11.2. The number of alkyl halides is 1. The first-order valence-electron chi connectivity index (χ1n) is 7.01. The van der Waals surface area contributed by atoms with Crippen molar-refractivity contribution in [3.8, 4) is 0 Å². The highest BCUT2D eigenvalue weighted by molar-refractivity contribution is 9.10. The summed E-state index contributed by atoms with van der Waals surface area (Å²) in [6.45, 7) is -0.151. The minimum Gasteiger partial charge on any atom is -0.455 e. The number of rotatable bonds is 3. The second kappa shape index (κ2) is 4.47. The molecule has 0 aromatic rings. The number of hydrogen-bond acceptors (Lipinski definition) is 3. The molecule has 4 saturated carbocycles. The van der Waals surface area contributed by atoms with E-state index in [2.05, 4.69) is 21.2 Å². The van der Waals surface area contributed by atoms with Gasteiger partial charge in [0.25, 0.3) is 5.91 Å². The van der Waals surface area contributed by atoms with Crippen LogP contribution in [0.5, 0.6) is 0 Å². The van der Waals surface area contributed by atoms with Crippen molar-refractivity contribution in [3.63, 3.8) is 0 Å². The molecule has 1 amide bonds. The molecule has 106 valence electrons. The van der Waals surface area contributed by atoms with E-state index in [-0.39, 0.29) is 28.2 Å². The van der Waals surface area contributed by atoms with Gasteiger partial charge in [-0.1, -0.05) is 15.9 Å². The lowest BCUT2D eigenvalue weighted by atomic mass is 9.49. The molecule has 4 aliphatic rings. The van der Waals surface area contributed by atoms with Crippen LogP contribution in [0.1, 0.15) is 38.5 Å². The van der Waals surface area contributed by atoms with Crippen LogP contribution in [0, 0.1) is 17.3 Å². The third-order valence-corrected chi connectivity index (χ3v) is 5.96. The highest BCUT2D eigenvalue weighted by atomic mass is 79.9. The second-order valence-electron chi connectivity index (χ2n) is 6.64. The number of carbonyl (C=O) groups excluding carboxylic acids is 2. The van der Waals surface area contributed by atoms with Crippen molar-refractivity contribution in [1.82, 2.24) is 5.32 Å². The Hall–Kier alpha value is -0.580. The number of esters is 1. The Labute approximate surface area is 121 Å². The summed E-state index contributed by atoms with van der Waals surface area (Å²) in [7, 11) is 1.55. The number of nitrogens with one attached hydrogen (secondary N) is 1. The summed E-state index contributed by atoms with van der Waals surface area (Å²) in [5.41, 5.74) is -0.332. The Morgan fingerprint density at radius 3 is 2.42 bits per heavy atom. The van der Waals surface area contributed by atoms with E-state index in [4.69, 9.17) is 4.74 Å². The molecule has 0 unspecified atom stereocenters. The zero-order chi connectivity index (χ0) is 13.7. The van der Waals surface area contributed by atoms with Gasteiger partial charge in [0, 0.05) is 11.4 Å². The molecule has 4 nitrogen and oxygen atoms in total. The van der Waals surface area contributed by atoms with Crippen molar-refractivity contribution in [2.75, 3.05) is 13.7 Å². The molecular formula is C14H20BrNO3. The van der Waals surface area contributed by atoms with Gasteiger partial charge in [-0.3, -0.25) is 9.59 Å². The SMILES string of the molecule is CNC(=O)COC(=O)C12C[C@@H]3C[C@H](CC(Br)(C3)C1)C2. The van der Waals surface area contributed by atoms with Gasteiger partial charge in [-0.25, -0.2) is 0 Å². The van der Waals surface area contributed by atoms with Crippen molar-refractivity contribution in [3.05, 3.63) is 0 Å². The van der Waals surface area contributed by atoms with Crippen LogP contribution in [0.15, 0.2) is 0 Å². The number of halogens is 1. The lowest BCUT2D eigenvalue weighted by Crippen LogP contribution is -2.56. The van der Waals surface area contributed by atoms with Crippen LogP contribution in [-0.2, 0) is 14.3 Å². The molecule has 2 atom stereocenters. The third-order valence-electron chi connectivity index (χ3n) is 5.04. The number of ether oxygens (including phenoxy) is 1. The van der Waals surface area contributed by atoms with Crippen LogP contribution in [0.25, 0.3) is 0 Å². The topological polar surface area (TPSA) is 55.4 Å².